The van der Waals surface area contributed by atoms with Gasteiger partial charge in [0, 0.05) is 30.2 Å². The normalized spacial score (nSPS) is 10.8. The summed E-state index contributed by atoms with van der Waals surface area (Å²) in [5.41, 5.74) is 3.91. The first-order valence-electron chi connectivity index (χ1n) is 6.26. The van der Waals surface area contributed by atoms with Gasteiger partial charge in [0.2, 0.25) is 5.91 Å². The number of nitrogens with zero attached hydrogens (tertiary/aromatic N) is 3. The second-order valence-electron chi connectivity index (χ2n) is 4.59. The van der Waals surface area contributed by atoms with Crippen molar-refractivity contribution in [2.24, 2.45) is 7.05 Å². The Morgan fingerprint density at radius 1 is 1.50 bits per heavy atom. The standard InChI is InChI=1S/C13H17ClN4OS/c1-8-11(9(2)18(3)17-8)6-15-12(19)4-13-16-10(5-14)7-20-13/h7H,4-6H2,1-3H3,(H,15,19). The molecule has 0 aliphatic carbocycles. The lowest BCUT2D eigenvalue weighted by Crippen LogP contribution is -2.25. The molecule has 0 fully saturated rings. The zero-order chi connectivity index (χ0) is 14.7. The van der Waals surface area contributed by atoms with E-state index >= 15 is 0 Å². The van der Waals surface area contributed by atoms with Crippen LogP contribution in [-0.2, 0) is 30.7 Å². The third kappa shape index (κ3) is 3.37. The molecule has 2 heterocycles. The highest BCUT2D eigenvalue weighted by Crippen LogP contribution is 2.13. The zero-order valence-electron chi connectivity index (χ0n) is 11.7. The Morgan fingerprint density at radius 2 is 2.25 bits per heavy atom. The molecular weight excluding hydrogens is 296 g/mol. The molecule has 0 radical (unpaired) electrons. The van der Waals surface area contributed by atoms with E-state index in [1.54, 1.807) is 0 Å². The number of amides is 1. The first kappa shape index (κ1) is 15.0. The molecule has 0 spiro atoms. The smallest absolute Gasteiger partial charge is 0.227 e. The van der Waals surface area contributed by atoms with Gasteiger partial charge in [0.05, 0.1) is 23.7 Å². The third-order valence-corrected chi connectivity index (χ3v) is 4.34. The van der Waals surface area contributed by atoms with E-state index in [9.17, 15) is 4.79 Å². The molecule has 2 aromatic heterocycles. The van der Waals surface area contributed by atoms with Crippen LogP contribution >= 0.6 is 22.9 Å². The molecule has 5 nitrogen and oxygen atoms in total. The fourth-order valence-corrected chi connectivity index (χ4v) is 2.97. The number of thiazole rings is 1. The second kappa shape index (κ2) is 6.37. The summed E-state index contributed by atoms with van der Waals surface area (Å²) in [6.45, 7) is 4.44. The molecule has 1 amide bonds. The molecule has 0 saturated heterocycles. The van der Waals surface area contributed by atoms with Crippen molar-refractivity contribution in [3.63, 3.8) is 0 Å². The highest BCUT2D eigenvalue weighted by Gasteiger charge is 2.12. The number of alkyl halides is 1. The van der Waals surface area contributed by atoms with E-state index in [1.165, 1.54) is 11.3 Å². The first-order chi connectivity index (χ1) is 9.51. The average molecular weight is 313 g/mol. The van der Waals surface area contributed by atoms with Gasteiger partial charge in [0.15, 0.2) is 0 Å². The Balaban J connectivity index is 1.92. The molecule has 0 saturated carbocycles. The van der Waals surface area contributed by atoms with Crippen LogP contribution < -0.4 is 5.32 Å². The molecule has 0 bridgehead atoms. The Labute approximate surface area is 127 Å². The maximum Gasteiger partial charge on any atom is 0.227 e. The number of nitrogens with one attached hydrogen (secondary N) is 1. The van der Waals surface area contributed by atoms with Crippen molar-refractivity contribution >= 4 is 28.8 Å². The van der Waals surface area contributed by atoms with Crippen LogP contribution in [0.2, 0.25) is 0 Å². The monoisotopic (exact) mass is 312 g/mol. The summed E-state index contributed by atoms with van der Waals surface area (Å²) in [5, 5.41) is 9.91. The van der Waals surface area contributed by atoms with Crippen molar-refractivity contribution in [1.82, 2.24) is 20.1 Å². The summed E-state index contributed by atoms with van der Waals surface area (Å²) in [4.78, 5) is 16.2. The van der Waals surface area contributed by atoms with Crippen molar-refractivity contribution in [2.75, 3.05) is 0 Å². The summed E-state index contributed by atoms with van der Waals surface area (Å²) in [6, 6.07) is 0. The van der Waals surface area contributed by atoms with Crippen LogP contribution in [0.15, 0.2) is 5.38 Å². The van der Waals surface area contributed by atoms with E-state index < -0.39 is 0 Å². The van der Waals surface area contributed by atoms with E-state index in [0.717, 1.165) is 27.7 Å². The first-order valence-corrected chi connectivity index (χ1v) is 7.67. The predicted molar refractivity (Wildman–Crippen MR) is 79.9 cm³/mol. The molecule has 0 aliphatic rings. The summed E-state index contributed by atoms with van der Waals surface area (Å²) < 4.78 is 1.82. The topological polar surface area (TPSA) is 59.8 Å². The Kier molecular flexibility index (Phi) is 4.77. The molecule has 1 N–H and O–H groups in total. The second-order valence-corrected chi connectivity index (χ2v) is 5.80. The van der Waals surface area contributed by atoms with Crippen LogP contribution in [0.4, 0.5) is 0 Å². The van der Waals surface area contributed by atoms with E-state index in [-0.39, 0.29) is 5.91 Å². The fourth-order valence-electron chi connectivity index (χ4n) is 1.95. The number of halogens is 1. The average Bonchev–Trinajstić information content (AvgIpc) is 2.94. The van der Waals surface area contributed by atoms with Gasteiger partial charge in [-0.15, -0.1) is 22.9 Å². The highest BCUT2D eigenvalue weighted by molar-refractivity contribution is 7.09. The zero-order valence-corrected chi connectivity index (χ0v) is 13.3. The van der Waals surface area contributed by atoms with Crippen LogP contribution in [0.3, 0.4) is 0 Å². The van der Waals surface area contributed by atoms with Crippen LogP contribution in [-0.4, -0.2) is 20.7 Å². The summed E-state index contributed by atoms with van der Waals surface area (Å²) >= 11 is 7.15. The van der Waals surface area contributed by atoms with Gasteiger partial charge in [-0.1, -0.05) is 0 Å². The Morgan fingerprint density at radius 3 is 2.80 bits per heavy atom. The SMILES string of the molecule is Cc1nn(C)c(C)c1CNC(=O)Cc1nc(CCl)cs1. The lowest BCUT2D eigenvalue weighted by molar-refractivity contribution is -0.120. The van der Waals surface area contributed by atoms with Crippen molar-refractivity contribution in [3.8, 4) is 0 Å². The van der Waals surface area contributed by atoms with Gasteiger partial charge >= 0.3 is 0 Å². The van der Waals surface area contributed by atoms with Gasteiger partial charge in [-0.3, -0.25) is 9.48 Å². The summed E-state index contributed by atoms with van der Waals surface area (Å²) in [5.74, 6) is 0.342. The van der Waals surface area contributed by atoms with Crippen molar-refractivity contribution in [1.29, 1.82) is 0 Å². The molecule has 0 atom stereocenters. The number of carbonyl (C=O) groups is 1. The Bertz CT molecular complexity index is 620. The van der Waals surface area contributed by atoms with Gasteiger partial charge in [0.25, 0.3) is 0 Å². The van der Waals surface area contributed by atoms with E-state index in [0.29, 0.717) is 18.8 Å². The lowest BCUT2D eigenvalue weighted by atomic mass is 10.2. The molecule has 108 valence electrons. The van der Waals surface area contributed by atoms with E-state index in [1.807, 2.05) is 31.0 Å². The van der Waals surface area contributed by atoms with Gasteiger partial charge < -0.3 is 5.32 Å². The number of hydrogen-bond acceptors (Lipinski definition) is 4. The van der Waals surface area contributed by atoms with E-state index in [4.69, 9.17) is 11.6 Å². The Hall–Kier alpha value is -1.40. The molecule has 0 aliphatic heterocycles. The van der Waals surface area contributed by atoms with Crippen LogP contribution in [0.1, 0.15) is 27.7 Å². The molecule has 0 unspecified atom stereocenters. The molecule has 2 rings (SSSR count). The maximum absolute atomic E-state index is 11.9. The molecule has 20 heavy (non-hydrogen) atoms. The molecule has 7 heteroatoms. The van der Waals surface area contributed by atoms with Gasteiger partial charge in [0.1, 0.15) is 5.01 Å². The highest BCUT2D eigenvalue weighted by atomic mass is 35.5. The molecular formula is C13H17ClN4OS. The molecule has 0 aromatic carbocycles. The fraction of sp³-hybridized carbons (Fsp3) is 0.462. The number of hydrogen-bond donors (Lipinski definition) is 1. The maximum atomic E-state index is 11.9. The molecule has 2 aromatic rings. The van der Waals surface area contributed by atoms with Crippen molar-refractivity contribution in [3.05, 3.63) is 33.0 Å². The van der Waals surface area contributed by atoms with Gasteiger partial charge in [-0.25, -0.2) is 4.98 Å². The summed E-state index contributed by atoms with van der Waals surface area (Å²) in [6.07, 6.45) is 0.292. The number of carbonyl (C=O) groups excluding carboxylic acids is 1. The quantitative estimate of drug-likeness (QED) is 0.860. The predicted octanol–water partition coefficient (Wildman–Crippen LogP) is 2.09. The third-order valence-electron chi connectivity index (χ3n) is 3.17. The van der Waals surface area contributed by atoms with Crippen LogP contribution in [0, 0.1) is 13.8 Å². The van der Waals surface area contributed by atoms with Gasteiger partial charge in [-0.05, 0) is 13.8 Å². The number of aromatic nitrogens is 3. The largest absolute Gasteiger partial charge is 0.352 e. The summed E-state index contributed by atoms with van der Waals surface area (Å²) in [7, 11) is 1.90. The minimum absolute atomic E-state index is 0.0388. The number of rotatable bonds is 5. The van der Waals surface area contributed by atoms with Crippen molar-refractivity contribution < 1.29 is 4.79 Å². The minimum atomic E-state index is -0.0388. The van der Waals surface area contributed by atoms with Crippen molar-refractivity contribution in [2.45, 2.75) is 32.7 Å². The van der Waals surface area contributed by atoms with Gasteiger partial charge in [-0.2, -0.15) is 5.10 Å². The lowest BCUT2D eigenvalue weighted by Gasteiger charge is -2.04. The van der Waals surface area contributed by atoms with Crippen LogP contribution in [0.25, 0.3) is 0 Å². The number of aryl methyl sites for hydroxylation is 2. The van der Waals surface area contributed by atoms with E-state index in [2.05, 4.69) is 15.4 Å². The van der Waals surface area contributed by atoms with Crippen LogP contribution in [0.5, 0.6) is 0 Å². The minimum Gasteiger partial charge on any atom is -0.352 e.